The van der Waals surface area contributed by atoms with Gasteiger partial charge < -0.3 is 9.72 Å². The number of hydrogen-bond donors (Lipinski definition) is 1. The number of aromatic nitrogens is 3. The summed E-state index contributed by atoms with van der Waals surface area (Å²) in [5.41, 5.74) is 2.96. The molecule has 3 aromatic rings. The summed E-state index contributed by atoms with van der Waals surface area (Å²) in [7, 11) is 0. The van der Waals surface area contributed by atoms with Crippen molar-refractivity contribution in [3.05, 3.63) is 59.3 Å². The summed E-state index contributed by atoms with van der Waals surface area (Å²) in [6, 6.07) is 7.51. The van der Waals surface area contributed by atoms with Crippen LogP contribution in [0.3, 0.4) is 0 Å². The number of ether oxygens (including phenoxy) is 1. The monoisotopic (exact) mass is 309 g/mol. The van der Waals surface area contributed by atoms with E-state index in [1.807, 2.05) is 31.2 Å². The number of ketones is 1. The molecule has 6 heteroatoms. The number of carbonyl (C=O) groups is 2. The number of carbonyl (C=O) groups excluding carboxylic acids is 2. The molecule has 0 amide bonds. The van der Waals surface area contributed by atoms with Gasteiger partial charge in [-0.25, -0.2) is 9.78 Å². The van der Waals surface area contributed by atoms with E-state index in [1.165, 1.54) is 12.4 Å². The summed E-state index contributed by atoms with van der Waals surface area (Å²) in [4.78, 5) is 35.4. The topological polar surface area (TPSA) is 84.9 Å². The van der Waals surface area contributed by atoms with Gasteiger partial charge in [-0.05, 0) is 19.9 Å². The van der Waals surface area contributed by atoms with Crippen molar-refractivity contribution in [1.29, 1.82) is 0 Å². The van der Waals surface area contributed by atoms with E-state index < -0.39 is 5.97 Å². The fraction of sp³-hybridized carbons (Fsp3) is 0.176. The lowest BCUT2D eigenvalue weighted by atomic mass is 10.1. The summed E-state index contributed by atoms with van der Waals surface area (Å²) in [5, 5.41) is 0.821. The Labute approximate surface area is 132 Å². The fourth-order valence-electron chi connectivity index (χ4n) is 2.41. The predicted molar refractivity (Wildman–Crippen MR) is 84.4 cm³/mol. The summed E-state index contributed by atoms with van der Waals surface area (Å²) in [6.45, 7) is 3.25. The number of nitrogens with one attached hydrogen (secondary N) is 1. The lowest BCUT2D eigenvalue weighted by Gasteiger charge is -2.04. The van der Waals surface area contributed by atoms with Crippen LogP contribution in [0.5, 0.6) is 0 Å². The van der Waals surface area contributed by atoms with Gasteiger partial charge in [0.05, 0.1) is 11.9 Å². The Bertz CT molecular complexity index is 882. The molecule has 1 aromatic carbocycles. The highest BCUT2D eigenvalue weighted by Gasteiger charge is 2.18. The van der Waals surface area contributed by atoms with Crippen molar-refractivity contribution in [2.75, 3.05) is 6.61 Å². The number of aromatic amines is 1. The number of nitrogens with zero attached hydrogens (tertiary/aromatic N) is 2. The van der Waals surface area contributed by atoms with E-state index in [1.54, 1.807) is 6.92 Å². The third-order valence-corrected chi connectivity index (χ3v) is 3.50. The minimum absolute atomic E-state index is 0.0825. The quantitative estimate of drug-likeness (QED) is 0.591. The molecule has 116 valence electrons. The molecular weight excluding hydrogens is 294 g/mol. The lowest BCUT2D eigenvalue weighted by Crippen LogP contribution is -2.16. The van der Waals surface area contributed by atoms with Gasteiger partial charge in [-0.3, -0.25) is 9.78 Å². The average Bonchev–Trinajstić information content (AvgIpc) is 2.88. The van der Waals surface area contributed by atoms with Gasteiger partial charge in [0.2, 0.25) is 5.78 Å². The van der Waals surface area contributed by atoms with E-state index in [0.717, 1.165) is 16.6 Å². The third-order valence-electron chi connectivity index (χ3n) is 3.50. The highest BCUT2D eigenvalue weighted by atomic mass is 16.5. The molecule has 0 saturated heterocycles. The zero-order valence-electron chi connectivity index (χ0n) is 12.8. The van der Waals surface area contributed by atoms with Crippen LogP contribution in [-0.4, -0.2) is 33.3 Å². The van der Waals surface area contributed by atoms with Crippen LogP contribution in [-0.2, 0) is 4.74 Å². The maximum absolute atomic E-state index is 12.4. The first-order valence-corrected chi connectivity index (χ1v) is 7.12. The molecule has 0 aliphatic heterocycles. The lowest BCUT2D eigenvalue weighted by molar-refractivity contribution is 0.0468. The average molecular weight is 309 g/mol. The van der Waals surface area contributed by atoms with E-state index in [-0.39, 0.29) is 18.1 Å². The Kier molecular flexibility index (Phi) is 3.89. The highest BCUT2D eigenvalue weighted by Crippen LogP contribution is 2.22. The van der Waals surface area contributed by atoms with E-state index in [0.29, 0.717) is 11.3 Å². The van der Waals surface area contributed by atoms with Crippen LogP contribution < -0.4 is 0 Å². The molecule has 3 rings (SSSR count). The summed E-state index contributed by atoms with van der Waals surface area (Å²) in [6.07, 6.45) is 2.81. The summed E-state index contributed by atoms with van der Waals surface area (Å²) < 4.78 is 5.05. The molecular formula is C17H15N3O3. The third kappa shape index (κ3) is 2.96. The van der Waals surface area contributed by atoms with Gasteiger partial charge in [-0.15, -0.1) is 0 Å². The minimum Gasteiger partial charge on any atom is -0.453 e. The molecule has 6 nitrogen and oxygen atoms in total. The molecule has 23 heavy (non-hydrogen) atoms. The molecule has 0 atom stereocenters. The SMILES string of the molecule is Cc1cnc(C(=O)OCC(=O)c2c(C)[nH]c3ccccc23)cn1. The van der Waals surface area contributed by atoms with Gasteiger partial charge in [0.25, 0.3) is 0 Å². The second-order valence-electron chi connectivity index (χ2n) is 5.21. The van der Waals surface area contributed by atoms with E-state index >= 15 is 0 Å². The van der Waals surface area contributed by atoms with Gasteiger partial charge in [-0.2, -0.15) is 0 Å². The van der Waals surface area contributed by atoms with Crippen LogP contribution in [0.15, 0.2) is 36.7 Å². The maximum Gasteiger partial charge on any atom is 0.358 e. The molecule has 0 aliphatic carbocycles. The van der Waals surface area contributed by atoms with Gasteiger partial charge in [0.1, 0.15) is 0 Å². The van der Waals surface area contributed by atoms with Crippen molar-refractivity contribution in [2.24, 2.45) is 0 Å². The van der Waals surface area contributed by atoms with Crippen LogP contribution in [0.4, 0.5) is 0 Å². The van der Waals surface area contributed by atoms with Gasteiger partial charge >= 0.3 is 5.97 Å². The maximum atomic E-state index is 12.4. The van der Waals surface area contributed by atoms with Crippen molar-refractivity contribution < 1.29 is 14.3 Å². The van der Waals surface area contributed by atoms with Gasteiger partial charge in [0.15, 0.2) is 12.3 Å². The second kappa shape index (κ2) is 6.00. The Hall–Kier alpha value is -3.02. The van der Waals surface area contributed by atoms with Crippen LogP contribution in [0.25, 0.3) is 10.9 Å². The number of rotatable bonds is 4. The Balaban J connectivity index is 1.75. The zero-order chi connectivity index (χ0) is 16.4. The summed E-state index contributed by atoms with van der Waals surface area (Å²) in [5.74, 6) is -0.920. The number of H-pyrrole nitrogens is 1. The number of aryl methyl sites for hydroxylation is 2. The molecule has 0 radical (unpaired) electrons. The van der Waals surface area contributed by atoms with E-state index in [9.17, 15) is 9.59 Å². The smallest absolute Gasteiger partial charge is 0.358 e. The van der Waals surface area contributed by atoms with Gasteiger partial charge in [-0.1, -0.05) is 18.2 Å². The molecule has 0 bridgehead atoms. The Morgan fingerprint density at radius 1 is 1.13 bits per heavy atom. The van der Waals surface area contributed by atoms with E-state index in [2.05, 4.69) is 15.0 Å². The number of hydrogen-bond acceptors (Lipinski definition) is 5. The Morgan fingerprint density at radius 2 is 1.91 bits per heavy atom. The first-order valence-electron chi connectivity index (χ1n) is 7.12. The molecule has 2 heterocycles. The standard InChI is InChI=1S/C17H15N3O3/c1-10-7-19-14(8-18-10)17(22)23-9-15(21)16-11(2)20-13-6-4-3-5-12(13)16/h3-8,20H,9H2,1-2H3. The molecule has 0 spiro atoms. The second-order valence-corrected chi connectivity index (χ2v) is 5.21. The summed E-state index contributed by atoms with van der Waals surface area (Å²) >= 11 is 0. The largest absolute Gasteiger partial charge is 0.453 e. The van der Waals surface area contributed by atoms with Crippen molar-refractivity contribution in [3.63, 3.8) is 0 Å². The van der Waals surface area contributed by atoms with Crippen LogP contribution >= 0.6 is 0 Å². The normalized spacial score (nSPS) is 10.7. The fourth-order valence-corrected chi connectivity index (χ4v) is 2.41. The molecule has 0 unspecified atom stereocenters. The number of esters is 1. The number of benzene rings is 1. The molecule has 0 fully saturated rings. The van der Waals surface area contributed by atoms with Crippen molar-refractivity contribution in [1.82, 2.24) is 15.0 Å². The van der Waals surface area contributed by atoms with Crippen molar-refractivity contribution in [3.8, 4) is 0 Å². The molecule has 0 saturated carbocycles. The first-order chi connectivity index (χ1) is 11.1. The number of fused-ring (bicyclic) bond motifs is 1. The molecule has 2 aromatic heterocycles. The molecule has 0 aliphatic rings. The van der Waals surface area contributed by atoms with Gasteiger partial charge in [0, 0.05) is 28.4 Å². The van der Waals surface area contributed by atoms with Crippen LogP contribution in [0.2, 0.25) is 0 Å². The minimum atomic E-state index is -0.664. The van der Waals surface area contributed by atoms with Crippen molar-refractivity contribution >= 4 is 22.7 Å². The zero-order valence-corrected chi connectivity index (χ0v) is 12.8. The number of Topliss-reactive ketones (excluding diaryl/α,β-unsaturated/α-hetero) is 1. The number of para-hydroxylation sites is 1. The van der Waals surface area contributed by atoms with Crippen LogP contribution in [0.1, 0.15) is 32.2 Å². The first kappa shape index (κ1) is 14.9. The van der Waals surface area contributed by atoms with E-state index in [4.69, 9.17) is 4.74 Å². The molecule has 1 N–H and O–H groups in total. The van der Waals surface area contributed by atoms with Crippen LogP contribution in [0, 0.1) is 13.8 Å². The highest BCUT2D eigenvalue weighted by molar-refractivity contribution is 6.10. The Morgan fingerprint density at radius 3 is 2.65 bits per heavy atom. The predicted octanol–water partition coefficient (Wildman–Crippen LogP) is 2.61. The van der Waals surface area contributed by atoms with Crippen molar-refractivity contribution in [2.45, 2.75) is 13.8 Å².